The molecule has 0 bridgehead atoms. The average Bonchev–Trinajstić information content (AvgIpc) is 2.36. The van der Waals surface area contributed by atoms with Gasteiger partial charge in [-0.3, -0.25) is 4.79 Å². The molecule has 0 aliphatic carbocycles. The number of thioether (sulfide) groups is 1. The first kappa shape index (κ1) is 15.9. The summed E-state index contributed by atoms with van der Waals surface area (Å²) in [5.74, 6) is 0.865. The lowest BCUT2D eigenvalue weighted by Gasteiger charge is -2.11. The Bertz CT molecular complexity index is 481. The lowest BCUT2D eigenvalue weighted by Crippen LogP contribution is -2.16. The second-order valence-corrected chi connectivity index (χ2v) is 6.20. The van der Waals surface area contributed by atoms with E-state index in [2.05, 4.69) is 6.07 Å². The highest BCUT2D eigenvalue weighted by molar-refractivity contribution is 8.22. The fraction of sp³-hybridized carbons (Fsp3) is 0.333. The van der Waals surface area contributed by atoms with E-state index in [1.807, 2.05) is 50.2 Å². The van der Waals surface area contributed by atoms with Crippen LogP contribution in [0.15, 0.2) is 30.3 Å². The van der Waals surface area contributed by atoms with Crippen molar-refractivity contribution in [2.45, 2.75) is 13.3 Å². The highest BCUT2D eigenvalue weighted by atomic mass is 32.2. The van der Waals surface area contributed by atoms with E-state index in [4.69, 9.17) is 12.2 Å². The smallest absolute Gasteiger partial charge is 0.156 e. The lowest BCUT2D eigenvalue weighted by atomic mass is 10.1. The summed E-state index contributed by atoms with van der Waals surface area (Å²) < 4.78 is 0.815. The Hall–Kier alpha value is -1.13. The van der Waals surface area contributed by atoms with Gasteiger partial charge in [-0.2, -0.15) is 0 Å². The highest BCUT2D eigenvalue weighted by Crippen LogP contribution is 2.10. The van der Waals surface area contributed by atoms with Gasteiger partial charge in [0.15, 0.2) is 5.78 Å². The van der Waals surface area contributed by atoms with Crippen molar-refractivity contribution >= 4 is 40.2 Å². The summed E-state index contributed by atoms with van der Waals surface area (Å²) in [6.45, 7) is 2.04. The Morgan fingerprint density at radius 3 is 2.79 bits per heavy atom. The van der Waals surface area contributed by atoms with Crippen molar-refractivity contribution in [1.82, 2.24) is 4.90 Å². The second-order valence-electron chi connectivity index (χ2n) is 4.47. The van der Waals surface area contributed by atoms with E-state index >= 15 is 0 Å². The van der Waals surface area contributed by atoms with Crippen molar-refractivity contribution < 1.29 is 4.79 Å². The van der Waals surface area contributed by atoms with Gasteiger partial charge in [-0.25, -0.2) is 0 Å². The van der Waals surface area contributed by atoms with Gasteiger partial charge in [0.05, 0.1) is 0 Å². The molecule has 0 saturated carbocycles. The number of benzene rings is 1. The van der Waals surface area contributed by atoms with E-state index < -0.39 is 0 Å². The summed E-state index contributed by atoms with van der Waals surface area (Å²) in [5.41, 5.74) is 2.26. The van der Waals surface area contributed by atoms with E-state index in [1.54, 1.807) is 6.08 Å². The predicted molar refractivity (Wildman–Crippen MR) is 88.6 cm³/mol. The van der Waals surface area contributed by atoms with Crippen LogP contribution in [0, 0.1) is 6.92 Å². The van der Waals surface area contributed by atoms with Crippen LogP contribution in [0.5, 0.6) is 0 Å². The Morgan fingerprint density at radius 1 is 1.42 bits per heavy atom. The topological polar surface area (TPSA) is 20.3 Å². The summed E-state index contributed by atoms with van der Waals surface area (Å²) in [6.07, 6.45) is 4.03. The molecule has 0 amide bonds. The molecular formula is C15H19NOS2. The normalized spacial score (nSPS) is 10.7. The van der Waals surface area contributed by atoms with Crippen LogP contribution in [0.1, 0.15) is 17.5 Å². The molecule has 0 unspecified atom stereocenters. The lowest BCUT2D eigenvalue weighted by molar-refractivity contribution is -0.114. The number of rotatable bonds is 5. The van der Waals surface area contributed by atoms with Crippen LogP contribution in [0.4, 0.5) is 0 Å². The molecule has 1 rings (SSSR count). The number of aryl methyl sites for hydroxylation is 1. The molecule has 1 aromatic carbocycles. The summed E-state index contributed by atoms with van der Waals surface area (Å²) in [7, 11) is 3.82. The molecule has 19 heavy (non-hydrogen) atoms. The van der Waals surface area contributed by atoms with Gasteiger partial charge in [0.25, 0.3) is 0 Å². The van der Waals surface area contributed by atoms with Gasteiger partial charge in [0.2, 0.25) is 0 Å². The largest absolute Gasteiger partial charge is 0.364 e. The van der Waals surface area contributed by atoms with E-state index in [9.17, 15) is 4.79 Å². The van der Waals surface area contributed by atoms with Gasteiger partial charge >= 0.3 is 0 Å². The molecule has 0 N–H and O–H groups in total. The van der Waals surface area contributed by atoms with Crippen molar-refractivity contribution in [3.63, 3.8) is 0 Å². The van der Waals surface area contributed by atoms with Gasteiger partial charge in [0, 0.05) is 26.3 Å². The van der Waals surface area contributed by atoms with Gasteiger partial charge in [-0.1, -0.05) is 59.9 Å². The molecule has 0 aliphatic rings. The summed E-state index contributed by atoms with van der Waals surface area (Å²) in [4.78, 5) is 13.6. The Kier molecular flexibility index (Phi) is 6.81. The SMILES string of the molecule is Cc1cccc(/C=C/C(=O)CCSC(=S)N(C)C)c1. The van der Waals surface area contributed by atoms with Crippen LogP contribution in [-0.4, -0.2) is 34.9 Å². The maximum Gasteiger partial charge on any atom is 0.156 e. The van der Waals surface area contributed by atoms with Crippen molar-refractivity contribution in [2.24, 2.45) is 0 Å². The zero-order valence-electron chi connectivity index (χ0n) is 11.6. The fourth-order valence-electron chi connectivity index (χ4n) is 1.41. The third-order valence-electron chi connectivity index (χ3n) is 2.44. The molecule has 102 valence electrons. The predicted octanol–water partition coefficient (Wildman–Crippen LogP) is 3.55. The fourth-order valence-corrected chi connectivity index (χ4v) is 2.40. The maximum atomic E-state index is 11.7. The number of hydrogen-bond donors (Lipinski definition) is 0. The van der Waals surface area contributed by atoms with E-state index in [-0.39, 0.29) is 5.78 Å². The first-order valence-corrected chi connectivity index (χ1v) is 7.50. The van der Waals surface area contributed by atoms with Crippen molar-refractivity contribution in [1.29, 1.82) is 0 Å². The minimum Gasteiger partial charge on any atom is -0.364 e. The summed E-state index contributed by atoms with van der Waals surface area (Å²) in [6, 6.07) is 8.08. The summed E-state index contributed by atoms with van der Waals surface area (Å²) >= 11 is 6.68. The third-order valence-corrected chi connectivity index (χ3v) is 4.18. The molecule has 0 saturated heterocycles. The molecule has 0 aliphatic heterocycles. The number of allylic oxidation sites excluding steroid dienone is 1. The molecule has 0 spiro atoms. The van der Waals surface area contributed by atoms with Crippen LogP contribution in [0.25, 0.3) is 6.08 Å². The first-order chi connectivity index (χ1) is 8.99. The van der Waals surface area contributed by atoms with Crippen LogP contribution >= 0.6 is 24.0 Å². The number of ketones is 1. The number of nitrogens with zero attached hydrogens (tertiary/aromatic N) is 1. The standard InChI is InChI=1S/C15H19NOS2/c1-12-5-4-6-13(11-12)7-8-14(17)9-10-19-15(18)16(2)3/h4-8,11H,9-10H2,1-3H3/b8-7+. The van der Waals surface area contributed by atoms with Gasteiger partial charge in [0.1, 0.15) is 4.32 Å². The number of carbonyl (C=O) groups is 1. The van der Waals surface area contributed by atoms with Crippen LogP contribution in [-0.2, 0) is 4.79 Å². The number of thiocarbonyl (C=S) groups is 1. The van der Waals surface area contributed by atoms with E-state index in [0.29, 0.717) is 6.42 Å². The van der Waals surface area contributed by atoms with Gasteiger partial charge < -0.3 is 4.90 Å². The molecule has 0 aromatic heterocycles. The van der Waals surface area contributed by atoms with Gasteiger partial charge in [-0.05, 0) is 18.6 Å². The minimum absolute atomic E-state index is 0.135. The monoisotopic (exact) mass is 293 g/mol. The Labute approximate surface area is 124 Å². The average molecular weight is 293 g/mol. The molecule has 0 heterocycles. The first-order valence-electron chi connectivity index (χ1n) is 6.10. The molecule has 0 fully saturated rings. The number of hydrogen-bond acceptors (Lipinski definition) is 3. The quantitative estimate of drug-likeness (QED) is 0.611. The Balaban J connectivity index is 2.37. The van der Waals surface area contributed by atoms with Crippen LogP contribution in [0.2, 0.25) is 0 Å². The minimum atomic E-state index is 0.135. The number of carbonyl (C=O) groups excluding carboxylic acids is 1. The molecule has 4 heteroatoms. The van der Waals surface area contributed by atoms with Crippen molar-refractivity contribution in [3.05, 3.63) is 41.5 Å². The van der Waals surface area contributed by atoms with Gasteiger partial charge in [-0.15, -0.1) is 0 Å². The maximum absolute atomic E-state index is 11.7. The molecule has 1 aromatic rings. The van der Waals surface area contributed by atoms with Crippen LogP contribution < -0.4 is 0 Å². The zero-order chi connectivity index (χ0) is 14.3. The van der Waals surface area contributed by atoms with Crippen LogP contribution in [0.3, 0.4) is 0 Å². The molecule has 0 radical (unpaired) electrons. The molecular weight excluding hydrogens is 274 g/mol. The molecule has 2 nitrogen and oxygen atoms in total. The van der Waals surface area contributed by atoms with E-state index in [1.165, 1.54) is 17.3 Å². The van der Waals surface area contributed by atoms with E-state index in [0.717, 1.165) is 15.6 Å². The van der Waals surface area contributed by atoms with Crippen molar-refractivity contribution in [2.75, 3.05) is 19.8 Å². The highest BCUT2D eigenvalue weighted by Gasteiger charge is 2.02. The van der Waals surface area contributed by atoms with Crippen molar-refractivity contribution in [3.8, 4) is 0 Å². The molecule has 0 atom stereocenters. The zero-order valence-corrected chi connectivity index (χ0v) is 13.2. The third kappa shape index (κ3) is 6.55. The second kappa shape index (κ2) is 8.12. The summed E-state index contributed by atoms with van der Waals surface area (Å²) in [5, 5.41) is 0. The Morgan fingerprint density at radius 2 is 2.16 bits per heavy atom.